The van der Waals surface area contributed by atoms with Gasteiger partial charge in [0, 0.05) is 12.4 Å². The first-order valence-electron chi connectivity index (χ1n) is 3.27. The van der Waals surface area contributed by atoms with Crippen LogP contribution in [0.3, 0.4) is 0 Å². The van der Waals surface area contributed by atoms with Crippen molar-refractivity contribution in [2.24, 2.45) is 0 Å². The standard InChI is InChI=1S/C7H6N2O4/c1-13-7(12)5-4(6(10)11)8-2-3-9-5/h2-3H,1H3,(H,10,11)/p-1. The number of carbonyl (C=O) groups excluding carboxylic acids is 2. The van der Waals surface area contributed by atoms with E-state index in [2.05, 4.69) is 14.7 Å². The average molecular weight is 181 g/mol. The lowest BCUT2D eigenvalue weighted by molar-refractivity contribution is -0.255. The molecule has 1 rings (SSSR count). The topological polar surface area (TPSA) is 92.2 Å². The fourth-order valence-electron chi connectivity index (χ4n) is 0.733. The quantitative estimate of drug-likeness (QED) is 0.522. The zero-order chi connectivity index (χ0) is 9.84. The molecule has 0 N–H and O–H groups in total. The molecule has 0 radical (unpaired) electrons. The second kappa shape index (κ2) is 3.61. The highest BCUT2D eigenvalue weighted by Gasteiger charge is 2.14. The molecule has 0 unspecified atom stereocenters. The molecule has 0 aliphatic heterocycles. The molecule has 0 bridgehead atoms. The van der Waals surface area contributed by atoms with Crippen molar-refractivity contribution in [2.75, 3.05) is 7.11 Å². The lowest BCUT2D eigenvalue weighted by Crippen LogP contribution is -2.27. The van der Waals surface area contributed by atoms with Gasteiger partial charge in [-0.2, -0.15) is 0 Å². The maximum absolute atomic E-state index is 10.9. The van der Waals surface area contributed by atoms with E-state index in [-0.39, 0.29) is 5.69 Å². The Morgan fingerprint density at radius 1 is 1.31 bits per heavy atom. The number of carboxylic acid groups (broad SMARTS) is 1. The summed E-state index contributed by atoms with van der Waals surface area (Å²) >= 11 is 0. The Hall–Kier alpha value is -1.98. The summed E-state index contributed by atoms with van der Waals surface area (Å²) in [6, 6.07) is 0. The van der Waals surface area contributed by atoms with Crippen molar-refractivity contribution in [2.45, 2.75) is 0 Å². The van der Waals surface area contributed by atoms with Gasteiger partial charge in [-0.1, -0.05) is 0 Å². The molecule has 0 fully saturated rings. The van der Waals surface area contributed by atoms with Gasteiger partial charge in [-0.15, -0.1) is 0 Å². The minimum Gasteiger partial charge on any atom is -0.543 e. The van der Waals surface area contributed by atoms with E-state index in [1.54, 1.807) is 0 Å². The zero-order valence-corrected chi connectivity index (χ0v) is 6.68. The molecule has 68 valence electrons. The van der Waals surface area contributed by atoms with Crippen molar-refractivity contribution in [3.8, 4) is 0 Å². The third kappa shape index (κ3) is 1.78. The SMILES string of the molecule is COC(=O)c1nccnc1C(=O)[O-]. The number of aromatic nitrogens is 2. The summed E-state index contributed by atoms with van der Waals surface area (Å²) < 4.78 is 4.29. The molecule has 13 heavy (non-hydrogen) atoms. The summed E-state index contributed by atoms with van der Waals surface area (Å²) in [6.45, 7) is 0. The first-order chi connectivity index (χ1) is 6.16. The van der Waals surface area contributed by atoms with Crippen LogP contribution in [0.1, 0.15) is 21.0 Å². The molecule has 0 amide bonds. The van der Waals surface area contributed by atoms with E-state index < -0.39 is 17.6 Å². The summed E-state index contributed by atoms with van der Waals surface area (Å²) in [5, 5.41) is 10.4. The van der Waals surface area contributed by atoms with Crippen molar-refractivity contribution >= 4 is 11.9 Å². The molecule has 0 atom stereocenters. The van der Waals surface area contributed by atoms with Gasteiger partial charge in [0.05, 0.1) is 13.1 Å². The summed E-state index contributed by atoms with van der Waals surface area (Å²) in [6.07, 6.45) is 2.34. The van der Waals surface area contributed by atoms with Crippen LogP contribution in [0.4, 0.5) is 0 Å². The number of aromatic carboxylic acids is 1. The predicted molar refractivity (Wildman–Crippen MR) is 37.7 cm³/mol. The van der Waals surface area contributed by atoms with Gasteiger partial charge >= 0.3 is 5.97 Å². The fourth-order valence-corrected chi connectivity index (χ4v) is 0.733. The lowest BCUT2D eigenvalue weighted by Gasteiger charge is -2.04. The Morgan fingerprint density at radius 2 is 1.85 bits per heavy atom. The minimum absolute atomic E-state index is 0.356. The van der Waals surface area contributed by atoms with Crippen molar-refractivity contribution in [1.29, 1.82) is 0 Å². The predicted octanol–water partition coefficient (Wildman–Crippen LogP) is -1.37. The second-order valence-corrected chi connectivity index (χ2v) is 2.03. The van der Waals surface area contributed by atoms with Crippen molar-refractivity contribution in [3.05, 3.63) is 23.8 Å². The Balaban J connectivity index is 3.19. The first kappa shape index (κ1) is 9.11. The van der Waals surface area contributed by atoms with Crippen molar-refractivity contribution in [1.82, 2.24) is 9.97 Å². The van der Waals surface area contributed by atoms with E-state index >= 15 is 0 Å². The van der Waals surface area contributed by atoms with E-state index in [1.807, 2.05) is 0 Å². The van der Waals surface area contributed by atoms with Crippen LogP contribution in [0, 0.1) is 0 Å². The van der Waals surface area contributed by atoms with Crippen LogP contribution in [0.25, 0.3) is 0 Å². The Labute approximate surface area is 73.2 Å². The van der Waals surface area contributed by atoms with E-state index in [0.29, 0.717) is 0 Å². The van der Waals surface area contributed by atoms with Gasteiger partial charge in [-0.25, -0.2) is 9.78 Å². The highest BCUT2D eigenvalue weighted by atomic mass is 16.5. The summed E-state index contributed by atoms with van der Waals surface area (Å²) in [5.41, 5.74) is -0.876. The lowest BCUT2D eigenvalue weighted by atomic mass is 10.3. The summed E-state index contributed by atoms with van der Waals surface area (Å²) in [7, 11) is 1.12. The molecule has 6 nitrogen and oxygen atoms in total. The second-order valence-electron chi connectivity index (χ2n) is 2.03. The highest BCUT2D eigenvalue weighted by molar-refractivity contribution is 5.98. The smallest absolute Gasteiger partial charge is 0.358 e. The maximum atomic E-state index is 10.9. The van der Waals surface area contributed by atoms with Crippen LogP contribution in [0.15, 0.2) is 12.4 Å². The van der Waals surface area contributed by atoms with Gasteiger partial charge in [0.25, 0.3) is 0 Å². The Bertz CT molecular complexity index is 350. The number of carboxylic acids is 1. The largest absolute Gasteiger partial charge is 0.543 e. The third-order valence-electron chi connectivity index (χ3n) is 1.27. The number of nitrogens with zero attached hydrogens (tertiary/aromatic N) is 2. The molecule has 0 spiro atoms. The van der Waals surface area contributed by atoms with Crippen molar-refractivity contribution in [3.63, 3.8) is 0 Å². The van der Waals surface area contributed by atoms with E-state index in [0.717, 1.165) is 13.3 Å². The molecule has 1 heterocycles. The van der Waals surface area contributed by atoms with Gasteiger partial charge in [-0.05, 0) is 0 Å². The van der Waals surface area contributed by atoms with Gasteiger partial charge < -0.3 is 14.6 Å². The number of carbonyl (C=O) groups is 2. The first-order valence-corrected chi connectivity index (χ1v) is 3.27. The number of rotatable bonds is 2. The number of ether oxygens (including phenoxy) is 1. The minimum atomic E-state index is -1.56. The monoisotopic (exact) mass is 181 g/mol. The summed E-state index contributed by atoms with van der Waals surface area (Å²) in [5.74, 6) is -2.42. The molecule has 1 aromatic rings. The molecular weight excluding hydrogens is 176 g/mol. The number of esters is 1. The normalized spacial score (nSPS) is 9.31. The van der Waals surface area contributed by atoms with Crippen LogP contribution in [-0.4, -0.2) is 29.0 Å². The fraction of sp³-hybridized carbons (Fsp3) is 0.143. The number of hydrogen-bond donors (Lipinski definition) is 0. The van der Waals surface area contributed by atoms with Gasteiger partial charge in [0.1, 0.15) is 5.69 Å². The van der Waals surface area contributed by atoms with Crippen LogP contribution in [-0.2, 0) is 4.74 Å². The molecular formula is C7H5N2O4-. The van der Waals surface area contributed by atoms with Gasteiger partial charge in [-0.3, -0.25) is 4.98 Å². The zero-order valence-electron chi connectivity index (χ0n) is 6.68. The third-order valence-corrected chi connectivity index (χ3v) is 1.27. The molecule has 0 aromatic carbocycles. The van der Waals surface area contributed by atoms with Crippen LogP contribution in [0.5, 0.6) is 0 Å². The van der Waals surface area contributed by atoms with Crippen LogP contribution < -0.4 is 5.11 Å². The highest BCUT2D eigenvalue weighted by Crippen LogP contribution is 2.01. The Morgan fingerprint density at radius 3 is 2.31 bits per heavy atom. The van der Waals surface area contributed by atoms with E-state index in [9.17, 15) is 14.7 Å². The molecule has 0 aliphatic carbocycles. The van der Waals surface area contributed by atoms with Crippen LogP contribution in [0.2, 0.25) is 0 Å². The Kier molecular flexibility index (Phi) is 2.53. The number of hydrogen-bond acceptors (Lipinski definition) is 6. The average Bonchev–Trinajstić information content (AvgIpc) is 2.16. The van der Waals surface area contributed by atoms with E-state index in [1.165, 1.54) is 6.20 Å². The van der Waals surface area contributed by atoms with E-state index in [4.69, 9.17) is 0 Å². The van der Waals surface area contributed by atoms with Crippen molar-refractivity contribution < 1.29 is 19.4 Å². The molecule has 1 aromatic heterocycles. The molecule has 0 saturated heterocycles. The molecule has 6 heteroatoms. The molecule has 0 saturated carbocycles. The summed E-state index contributed by atoms with van der Waals surface area (Å²) in [4.78, 5) is 28.3. The molecule has 0 aliphatic rings. The van der Waals surface area contributed by atoms with Gasteiger partial charge in [0.2, 0.25) is 0 Å². The maximum Gasteiger partial charge on any atom is 0.358 e. The number of methoxy groups -OCH3 is 1. The van der Waals surface area contributed by atoms with Crippen LogP contribution >= 0.6 is 0 Å². The van der Waals surface area contributed by atoms with Gasteiger partial charge in [0.15, 0.2) is 5.69 Å².